The molecule has 2 amide bonds. The van der Waals surface area contributed by atoms with Crippen LogP contribution in [-0.2, 0) is 19.3 Å². The van der Waals surface area contributed by atoms with E-state index < -0.39 is 0 Å². The minimum absolute atomic E-state index is 0.181. The van der Waals surface area contributed by atoms with Crippen molar-refractivity contribution in [1.82, 2.24) is 0 Å². The molecule has 0 bridgehead atoms. The molecule has 2 N–H and O–H groups in total. The van der Waals surface area contributed by atoms with Crippen molar-refractivity contribution in [2.24, 2.45) is 0 Å². The SMILES string of the molecule is CCc1ccccc1NC(=O)c1c(NC(=O)c2ccccc2Cl)sc2c1CCC2. The average Bonchev–Trinajstić information content (AvgIpc) is 3.29. The van der Waals surface area contributed by atoms with E-state index >= 15 is 0 Å². The van der Waals surface area contributed by atoms with Crippen molar-refractivity contribution in [1.29, 1.82) is 0 Å². The van der Waals surface area contributed by atoms with Gasteiger partial charge in [0.25, 0.3) is 11.8 Å². The number of amides is 2. The van der Waals surface area contributed by atoms with E-state index in [1.807, 2.05) is 24.3 Å². The van der Waals surface area contributed by atoms with Gasteiger partial charge in [0.05, 0.1) is 16.1 Å². The minimum Gasteiger partial charge on any atom is -0.322 e. The van der Waals surface area contributed by atoms with Gasteiger partial charge in [-0.2, -0.15) is 0 Å². The molecule has 0 aliphatic heterocycles. The van der Waals surface area contributed by atoms with Crippen molar-refractivity contribution in [2.75, 3.05) is 10.6 Å². The highest BCUT2D eigenvalue weighted by Crippen LogP contribution is 2.40. The van der Waals surface area contributed by atoms with E-state index in [0.29, 0.717) is 21.2 Å². The monoisotopic (exact) mass is 424 g/mol. The van der Waals surface area contributed by atoms with Crippen LogP contribution in [0.25, 0.3) is 0 Å². The van der Waals surface area contributed by atoms with Crippen LogP contribution < -0.4 is 10.6 Å². The first-order chi connectivity index (χ1) is 14.1. The van der Waals surface area contributed by atoms with Crippen LogP contribution in [0.5, 0.6) is 0 Å². The third kappa shape index (κ3) is 3.93. The van der Waals surface area contributed by atoms with Gasteiger partial charge in [-0.25, -0.2) is 0 Å². The Hall–Kier alpha value is -2.63. The second-order valence-electron chi connectivity index (χ2n) is 6.96. The quantitative estimate of drug-likeness (QED) is 0.531. The number of benzene rings is 2. The van der Waals surface area contributed by atoms with Crippen molar-refractivity contribution >= 4 is 45.4 Å². The smallest absolute Gasteiger partial charge is 0.258 e. The number of nitrogens with one attached hydrogen (secondary N) is 2. The van der Waals surface area contributed by atoms with Gasteiger partial charge >= 0.3 is 0 Å². The van der Waals surface area contributed by atoms with E-state index in [0.717, 1.165) is 42.5 Å². The van der Waals surface area contributed by atoms with E-state index in [-0.39, 0.29) is 11.8 Å². The van der Waals surface area contributed by atoms with Crippen LogP contribution in [0.1, 0.15) is 50.1 Å². The number of halogens is 1. The van der Waals surface area contributed by atoms with Crippen LogP contribution in [0, 0.1) is 0 Å². The average molecular weight is 425 g/mol. The third-order valence-electron chi connectivity index (χ3n) is 5.14. The first kappa shape index (κ1) is 19.7. The number of hydrogen-bond acceptors (Lipinski definition) is 3. The summed E-state index contributed by atoms with van der Waals surface area (Å²) in [5.41, 5.74) is 3.91. The molecule has 0 unspecified atom stereocenters. The van der Waals surface area contributed by atoms with Crippen LogP contribution in [0.4, 0.5) is 10.7 Å². The molecule has 6 heteroatoms. The van der Waals surface area contributed by atoms with Crippen LogP contribution in [0.2, 0.25) is 5.02 Å². The Morgan fingerprint density at radius 3 is 2.55 bits per heavy atom. The van der Waals surface area contributed by atoms with Gasteiger partial charge in [0.2, 0.25) is 0 Å². The zero-order chi connectivity index (χ0) is 20.4. The first-order valence-electron chi connectivity index (χ1n) is 9.68. The largest absolute Gasteiger partial charge is 0.322 e. The Bertz CT molecular complexity index is 1090. The molecule has 0 saturated carbocycles. The van der Waals surface area contributed by atoms with Gasteiger partial charge in [0.15, 0.2) is 0 Å². The molecular formula is C23H21ClN2O2S. The van der Waals surface area contributed by atoms with E-state index in [2.05, 4.69) is 17.6 Å². The predicted molar refractivity (Wildman–Crippen MR) is 120 cm³/mol. The fraction of sp³-hybridized carbons (Fsp3) is 0.217. The first-order valence-corrected chi connectivity index (χ1v) is 10.9. The number of para-hydroxylation sites is 1. The number of anilines is 2. The van der Waals surface area contributed by atoms with Crippen molar-refractivity contribution in [3.8, 4) is 0 Å². The van der Waals surface area contributed by atoms with Crippen LogP contribution in [-0.4, -0.2) is 11.8 Å². The van der Waals surface area contributed by atoms with Crippen molar-refractivity contribution in [3.63, 3.8) is 0 Å². The second kappa shape index (κ2) is 8.39. The van der Waals surface area contributed by atoms with Gasteiger partial charge in [-0.05, 0) is 55.0 Å². The van der Waals surface area contributed by atoms with Crippen molar-refractivity contribution in [2.45, 2.75) is 32.6 Å². The lowest BCUT2D eigenvalue weighted by Crippen LogP contribution is -2.18. The fourth-order valence-electron chi connectivity index (χ4n) is 3.68. The van der Waals surface area contributed by atoms with E-state index in [1.54, 1.807) is 24.3 Å². The molecule has 148 valence electrons. The highest BCUT2D eigenvalue weighted by molar-refractivity contribution is 7.17. The number of thiophene rings is 1. The Morgan fingerprint density at radius 1 is 1.00 bits per heavy atom. The Morgan fingerprint density at radius 2 is 1.76 bits per heavy atom. The molecule has 1 heterocycles. The van der Waals surface area contributed by atoms with E-state index in [1.165, 1.54) is 16.2 Å². The second-order valence-corrected chi connectivity index (χ2v) is 8.47. The lowest BCUT2D eigenvalue weighted by atomic mass is 10.1. The molecule has 1 aliphatic carbocycles. The molecule has 4 nitrogen and oxygen atoms in total. The summed E-state index contributed by atoms with van der Waals surface area (Å²) in [7, 11) is 0. The summed E-state index contributed by atoms with van der Waals surface area (Å²) in [5, 5.41) is 6.95. The van der Waals surface area contributed by atoms with Crippen LogP contribution >= 0.6 is 22.9 Å². The topological polar surface area (TPSA) is 58.2 Å². The minimum atomic E-state index is -0.307. The summed E-state index contributed by atoms with van der Waals surface area (Å²) >= 11 is 7.66. The molecule has 0 spiro atoms. The summed E-state index contributed by atoms with van der Waals surface area (Å²) in [4.78, 5) is 27.2. The molecule has 0 radical (unpaired) electrons. The third-order valence-corrected chi connectivity index (χ3v) is 6.68. The van der Waals surface area contributed by atoms with Crippen LogP contribution in [0.15, 0.2) is 48.5 Å². The number of aryl methyl sites for hydroxylation is 2. The maximum atomic E-state index is 13.2. The van der Waals surface area contributed by atoms with Gasteiger partial charge in [-0.3, -0.25) is 9.59 Å². The number of carbonyl (C=O) groups excluding carboxylic acids is 2. The molecule has 0 saturated heterocycles. The maximum Gasteiger partial charge on any atom is 0.258 e. The number of rotatable bonds is 5. The zero-order valence-corrected chi connectivity index (χ0v) is 17.6. The standard InChI is InChI=1S/C23H21ClN2O2S/c1-2-14-8-3-6-12-18(14)25-22(28)20-16-10-7-13-19(16)29-23(20)26-21(27)15-9-4-5-11-17(15)24/h3-6,8-9,11-12H,2,7,10,13H2,1H3,(H,25,28)(H,26,27). The summed E-state index contributed by atoms with van der Waals surface area (Å²) in [5.74, 6) is -0.488. The number of carbonyl (C=O) groups is 2. The molecule has 29 heavy (non-hydrogen) atoms. The lowest BCUT2D eigenvalue weighted by molar-refractivity contribution is 0.102. The Kier molecular flexibility index (Phi) is 5.69. The van der Waals surface area contributed by atoms with Crippen molar-refractivity contribution < 1.29 is 9.59 Å². The van der Waals surface area contributed by atoms with Gasteiger partial charge in [-0.1, -0.05) is 48.9 Å². The Balaban J connectivity index is 1.66. The Labute approximate surface area is 178 Å². The maximum absolute atomic E-state index is 13.2. The van der Waals surface area contributed by atoms with Crippen LogP contribution in [0.3, 0.4) is 0 Å². The molecule has 1 aliphatic rings. The van der Waals surface area contributed by atoms with Gasteiger partial charge in [0, 0.05) is 10.6 Å². The molecule has 4 rings (SSSR count). The highest BCUT2D eigenvalue weighted by atomic mass is 35.5. The van der Waals surface area contributed by atoms with E-state index in [9.17, 15) is 9.59 Å². The predicted octanol–water partition coefficient (Wildman–Crippen LogP) is 5.96. The lowest BCUT2D eigenvalue weighted by Gasteiger charge is -2.12. The molecule has 1 aromatic heterocycles. The highest BCUT2D eigenvalue weighted by Gasteiger charge is 2.28. The summed E-state index contributed by atoms with van der Waals surface area (Å²) in [6.45, 7) is 2.06. The molecule has 3 aromatic rings. The summed E-state index contributed by atoms with van der Waals surface area (Å²) in [6.07, 6.45) is 3.65. The molecular weight excluding hydrogens is 404 g/mol. The normalized spacial score (nSPS) is 12.5. The molecule has 0 atom stereocenters. The molecule has 2 aromatic carbocycles. The van der Waals surface area contributed by atoms with E-state index in [4.69, 9.17) is 11.6 Å². The van der Waals surface area contributed by atoms with Gasteiger partial charge in [-0.15, -0.1) is 11.3 Å². The number of fused-ring (bicyclic) bond motifs is 1. The zero-order valence-electron chi connectivity index (χ0n) is 16.0. The van der Waals surface area contributed by atoms with Gasteiger partial charge in [0.1, 0.15) is 5.00 Å². The molecule has 0 fully saturated rings. The summed E-state index contributed by atoms with van der Waals surface area (Å²) < 4.78 is 0. The van der Waals surface area contributed by atoms with Gasteiger partial charge < -0.3 is 10.6 Å². The number of hydrogen-bond donors (Lipinski definition) is 2. The van der Waals surface area contributed by atoms with Crippen molar-refractivity contribution in [3.05, 3.63) is 80.7 Å². The summed E-state index contributed by atoms with van der Waals surface area (Å²) in [6, 6.07) is 14.7. The fourth-order valence-corrected chi connectivity index (χ4v) is 5.19.